The minimum atomic E-state index is 0.502. The fraction of sp³-hybridized carbons (Fsp3) is 0.292. The molecule has 0 bridgehead atoms. The van der Waals surface area contributed by atoms with Crippen molar-refractivity contribution in [3.63, 3.8) is 0 Å². The zero-order valence-corrected chi connectivity index (χ0v) is 17.7. The highest BCUT2D eigenvalue weighted by molar-refractivity contribution is 5.99. The predicted molar refractivity (Wildman–Crippen MR) is 125 cm³/mol. The molecule has 5 rings (SSSR count). The molecule has 0 unspecified atom stereocenters. The first kappa shape index (κ1) is 19.5. The van der Waals surface area contributed by atoms with Gasteiger partial charge in [0.05, 0.1) is 5.69 Å². The standard InChI is InChI=1S/C24H27N7/c1-30-22(10-13-27-30)23-20-4-2-3-5-21(20)24(29-28-23)31-14-11-19(12-15-31)26-16-17-6-8-18(25)9-7-17/h2-10,13,19,26H,11-12,14-16,25H2,1H3. The minimum absolute atomic E-state index is 0.502. The van der Waals surface area contributed by atoms with Gasteiger partial charge in [0.15, 0.2) is 5.82 Å². The van der Waals surface area contributed by atoms with Gasteiger partial charge < -0.3 is 16.0 Å². The van der Waals surface area contributed by atoms with Crippen molar-refractivity contribution in [1.82, 2.24) is 25.3 Å². The first-order valence-corrected chi connectivity index (χ1v) is 10.8. The summed E-state index contributed by atoms with van der Waals surface area (Å²) >= 11 is 0. The highest BCUT2D eigenvalue weighted by atomic mass is 15.3. The molecule has 158 valence electrons. The Morgan fingerprint density at radius 1 is 0.968 bits per heavy atom. The SMILES string of the molecule is Cn1nccc1-c1nnc(N2CCC(NCc3ccc(N)cc3)CC2)c2ccccc12. The lowest BCUT2D eigenvalue weighted by Gasteiger charge is -2.33. The maximum atomic E-state index is 5.78. The van der Waals surface area contributed by atoms with Crippen molar-refractivity contribution in [1.29, 1.82) is 0 Å². The van der Waals surface area contributed by atoms with Crippen molar-refractivity contribution in [2.45, 2.75) is 25.4 Å². The molecule has 2 aromatic carbocycles. The van der Waals surface area contributed by atoms with E-state index in [1.807, 2.05) is 29.9 Å². The Hall–Kier alpha value is -3.45. The van der Waals surface area contributed by atoms with Crippen LogP contribution in [0.5, 0.6) is 0 Å². The molecule has 1 fully saturated rings. The second kappa shape index (κ2) is 8.35. The molecule has 3 heterocycles. The zero-order valence-electron chi connectivity index (χ0n) is 17.7. The second-order valence-corrected chi connectivity index (χ2v) is 8.14. The van der Waals surface area contributed by atoms with Gasteiger partial charge in [-0.1, -0.05) is 36.4 Å². The number of piperidine rings is 1. The molecule has 0 amide bonds. The molecule has 31 heavy (non-hydrogen) atoms. The molecule has 7 heteroatoms. The molecule has 1 aliphatic rings. The molecule has 2 aromatic heterocycles. The quantitative estimate of drug-likeness (QED) is 0.488. The van der Waals surface area contributed by atoms with E-state index < -0.39 is 0 Å². The van der Waals surface area contributed by atoms with Gasteiger partial charge in [0.25, 0.3) is 0 Å². The summed E-state index contributed by atoms with van der Waals surface area (Å²) in [5.41, 5.74) is 9.69. The van der Waals surface area contributed by atoms with Gasteiger partial charge in [-0.15, -0.1) is 10.2 Å². The number of aromatic nitrogens is 4. The van der Waals surface area contributed by atoms with E-state index in [1.54, 1.807) is 6.20 Å². The number of nitrogen functional groups attached to an aromatic ring is 1. The molecular formula is C24H27N7. The monoisotopic (exact) mass is 413 g/mol. The van der Waals surface area contributed by atoms with Gasteiger partial charge in [-0.3, -0.25) is 4.68 Å². The smallest absolute Gasteiger partial charge is 0.159 e. The van der Waals surface area contributed by atoms with E-state index in [4.69, 9.17) is 5.73 Å². The molecule has 0 aliphatic carbocycles. The highest BCUT2D eigenvalue weighted by Gasteiger charge is 2.23. The van der Waals surface area contributed by atoms with Gasteiger partial charge in [-0.25, -0.2) is 0 Å². The summed E-state index contributed by atoms with van der Waals surface area (Å²) in [5, 5.41) is 19.5. The Balaban J connectivity index is 1.31. The average molecular weight is 414 g/mol. The summed E-state index contributed by atoms with van der Waals surface area (Å²) in [6.07, 6.45) is 3.95. The third-order valence-corrected chi connectivity index (χ3v) is 6.10. The van der Waals surface area contributed by atoms with Gasteiger partial charge in [0, 0.05) is 55.4 Å². The van der Waals surface area contributed by atoms with E-state index in [0.29, 0.717) is 6.04 Å². The summed E-state index contributed by atoms with van der Waals surface area (Å²) in [5.74, 6) is 0.971. The van der Waals surface area contributed by atoms with Crippen molar-refractivity contribution in [3.05, 3.63) is 66.4 Å². The van der Waals surface area contributed by atoms with Crippen LogP contribution in [-0.4, -0.2) is 39.1 Å². The van der Waals surface area contributed by atoms with E-state index in [-0.39, 0.29) is 0 Å². The highest BCUT2D eigenvalue weighted by Crippen LogP contribution is 2.32. The lowest BCUT2D eigenvalue weighted by Crippen LogP contribution is -2.42. The van der Waals surface area contributed by atoms with Crippen molar-refractivity contribution >= 4 is 22.3 Å². The fourth-order valence-electron chi connectivity index (χ4n) is 4.31. The van der Waals surface area contributed by atoms with Crippen LogP contribution in [0.2, 0.25) is 0 Å². The molecule has 0 spiro atoms. The van der Waals surface area contributed by atoms with Gasteiger partial charge in [0.1, 0.15) is 5.69 Å². The molecule has 0 atom stereocenters. The topological polar surface area (TPSA) is 84.9 Å². The van der Waals surface area contributed by atoms with Crippen LogP contribution in [-0.2, 0) is 13.6 Å². The van der Waals surface area contributed by atoms with Crippen LogP contribution in [0.4, 0.5) is 11.5 Å². The van der Waals surface area contributed by atoms with Gasteiger partial charge in [0.2, 0.25) is 0 Å². The summed E-state index contributed by atoms with van der Waals surface area (Å²) in [7, 11) is 1.93. The second-order valence-electron chi connectivity index (χ2n) is 8.14. The average Bonchev–Trinajstić information content (AvgIpc) is 3.24. The van der Waals surface area contributed by atoms with Crippen molar-refractivity contribution in [3.8, 4) is 11.4 Å². The van der Waals surface area contributed by atoms with Gasteiger partial charge in [-0.05, 0) is 36.6 Å². The molecule has 1 saturated heterocycles. The Bertz CT molecular complexity index is 1170. The molecular weight excluding hydrogens is 386 g/mol. The van der Waals surface area contributed by atoms with E-state index in [2.05, 4.69) is 61.9 Å². The lowest BCUT2D eigenvalue weighted by atomic mass is 10.0. The van der Waals surface area contributed by atoms with E-state index in [0.717, 1.165) is 66.1 Å². The Kier molecular flexibility index (Phi) is 5.26. The number of anilines is 2. The number of hydrogen-bond acceptors (Lipinski definition) is 6. The van der Waals surface area contributed by atoms with E-state index in [1.165, 1.54) is 5.56 Å². The predicted octanol–water partition coefficient (Wildman–Crippen LogP) is 3.37. The summed E-state index contributed by atoms with van der Waals surface area (Å²) < 4.78 is 1.84. The van der Waals surface area contributed by atoms with Gasteiger partial charge >= 0.3 is 0 Å². The van der Waals surface area contributed by atoms with Crippen molar-refractivity contribution in [2.75, 3.05) is 23.7 Å². The number of nitrogens with zero attached hydrogens (tertiary/aromatic N) is 5. The lowest BCUT2D eigenvalue weighted by molar-refractivity contribution is 0.413. The number of nitrogens with two attached hydrogens (primary N) is 1. The third-order valence-electron chi connectivity index (χ3n) is 6.10. The largest absolute Gasteiger partial charge is 0.399 e. The number of hydrogen-bond donors (Lipinski definition) is 2. The number of fused-ring (bicyclic) bond motifs is 1. The zero-order chi connectivity index (χ0) is 21.2. The third kappa shape index (κ3) is 3.96. The Morgan fingerprint density at radius 2 is 1.71 bits per heavy atom. The Morgan fingerprint density at radius 3 is 2.42 bits per heavy atom. The van der Waals surface area contributed by atoms with Crippen LogP contribution in [0.15, 0.2) is 60.8 Å². The van der Waals surface area contributed by atoms with Gasteiger partial charge in [-0.2, -0.15) is 5.10 Å². The molecule has 3 N–H and O–H groups in total. The minimum Gasteiger partial charge on any atom is -0.399 e. The van der Waals surface area contributed by atoms with E-state index in [9.17, 15) is 0 Å². The molecule has 7 nitrogen and oxygen atoms in total. The number of benzene rings is 2. The summed E-state index contributed by atoms with van der Waals surface area (Å²) in [6, 6.07) is 19.0. The number of nitrogens with one attached hydrogen (secondary N) is 1. The Labute approximate surface area is 181 Å². The van der Waals surface area contributed by atoms with Crippen molar-refractivity contribution in [2.24, 2.45) is 7.05 Å². The maximum absolute atomic E-state index is 5.78. The van der Waals surface area contributed by atoms with Crippen LogP contribution >= 0.6 is 0 Å². The molecule has 1 aliphatic heterocycles. The fourth-order valence-corrected chi connectivity index (χ4v) is 4.31. The maximum Gasteiger partial charge on any atom is 0.159 e. The number of aryl methyl sites for hydroxylation is 1. The summed E-state index contributed by atoms with van der Waals surface area (Å²) in [6.45, 7) is 2.79. The van der Waals surface area contributed by atoms with E-state index >= 15 is 0 Å². The van der Waals surface area contributed by atoms with Crippen LogP contribution in [0.3, 0.4) is 0 Å². The van der Waals surface area contributed by atoms with Crippen LogP contribution in [0.25, 0.3) is 22.2 Å². The molecule has 0 radical (unpaired) electrons. The first-order valence-electron chi connectivity index (χ1n) is 10.8. The van der Waals surface area contributed by atoms with Crippen LogP contribution in [0, 0.1) is 0 Å². The molecule has 4 aromatic rings. The van der Waals surface area contributed by atoms with Crippen LogP contribution in [0.1, 0.15) is 18.4 Å². The number of rotatable bonds is 5. The first-order chi connectivity index (χ1) is 15.2. The summed E-state index contributed by atoms with van der Waals surface area (Å²) in [4.78, 5) is 2.36. The van der Waals surface area contributed by atoms with Crippen LogP contribution < -0.4 is 16.0 Å². The molecule has 0 saturated carbocycles. The normalized spacial score (nSPS) is 14.9. The van der Waals surface area contributed by atoms with Crippen molar-refractivity contribution < 1.29 is 0 Å².